The Balaban J connectivity index is 2.90. The SMILES string of the molecule is CCCN(CC(=O)N(C)C)c1cc(C#N)ccn1. The van der Waals surface area contributed by atoms with Gasteiger partial charge in [-0.3, -0.25) is 4.79 Å². The van der Waals surface area contributed by atoms with E-state index in [1.165, 1.54) is 0 Å². The van der Waals surface area contributed by atoms with Crippen LogP contribution in [0.1, 0.15) is 18.9 Å². The second kappa shape index (κ2) is 6.60. The molecule has 1 aromatic rings. The highest BCUT2D eigenvalue weighted by atomic mass is 16.2. The Labute approximate surface area is 108 Å². The molecule has 0 aliphatic heterocycles. The molecule has 0 saturated heterocycles. The van der Waals surface area contributed by atoms with Crippen molar-refractivity contribution in [3.05, 3.63) is 23.9 Å². The molecule has 0 radical (unpaired) electrons. The number of nitrogens with zero attached hydrogens (tertiary/aromatic N) is 4. The van der Waals surface area contributed by atoms with Crippen LogP contribution in [0.2, 0.25) is 0 Å². The summed E-state index contributed by atoms with van der Waals surface area (Å²) in [5.74, 6) is 0.693. The third-order valence-electron chi connectivity index (χ3n) is 2.52. The maximum Gasteiger partial charge on any atom is 0.241 e. The lowest BCUT2D eigenvalue weighted by molar-refractivity contribution is -0.127. The highest BCUT2D eigenvalue weighted by Crippen LogP contribution is 2.12. The lowest BCUT2D eigenvalue weighted by Crippen LogP contribution is -2.37. The van der Waals surface area contributed by atoms with Gasteiger partial charge >= 0.3 is 0 Å². The van der Waals surface area contributed by atoms with Crippen molar-refractivity contribution in [2.75, 3.05) is 32.1 Å². The van der Waals surface area contributed by atoms with E-state index in [0.29, 0.717) is 11.4 Å². The Kier molecular flexibility index (Phi) is 5.12. The number of amides is 1. The molecule has 0 aliphatic carbocycles. The van der Waals surface area contributed by atoms with Crippen LogP contribution in [0.3, 0.4) is 0 Å². The zero-order chi connectivity index (χ0) is 13.5. The number of carbonyl (C=O) groups is 1. The zero-order valence-corrected chi connectivity index (χ0v) is 11.1. The van der Waals surface area contributed by atoms with Gasteiger partial charge in [-0.2, -0.15) is 5.26 Å². The summed E-state index contributed by atoms with van der Waals surface area (Å²) in [4.78, 5) is 19.4. The van der Waals surface area contributed by atoms with Gasteiger partial charge in [0.15, 0.2) is 0 Å². The first-order valence-electron chi connectivity index (χ1n) is 5.89. The maximum absolute atomic E-state index is 11.7. The Morgan fingerprint density at radius 1 is 1.50 bits per heavy atom. The number of carbonyl (C=O) groups excluding carboxylic acids is 1. The lowest BCUT2D eigenvalue weighted by atomic mass is 10.2. The summed E-state index contributed by atoms with van der Waals surface area (Å²) in [6, 6.07) is 5.44. The van der Waals surface area contributed by atoms with Crippen molar-refractivity contribution in [1.29, 1.82) is 5.26 Å². The molecule has 1 rings (SSSR count). The largest absolute Gasteiger partial charge is 0.347 e. The Hall–Kier alpha value is -2.09. The molecule has 1 amide bonds. The van der Waals surface area contributed by atoms with Gasteiger partial charge in [0, 0.05) is 26.8 Å². The van der Waals surface area contributed by atoms with Crippen molar-refractivity contribution in [3.63, 3.8) is 0 Å². The summed E-state index contributed by atoms with van der Waals surface area (Å²) >= 11 is 0. The molecule has 18 heavy (non-hydrogen) atoms. The molecular weight excluding hydrogens is 228 g/mol. The first-order valence-corrected chi connectivity index (χ1v) is 5.89. The molecule has 0 bridgehead atoms. The van der Waals surface area contributed by atoms with E-state index in [1.54, 1.807) is 37.3 Å². The Morgan fingerprint density at radius 2 is 2.22 bits per heavy atom. The molecule has 0 aromatic carbocycles. The van der Waals surface area contributed by atoms with Crippen molar-refractivity contribution < 1.29 is 4.79 Å². The first-order chi connectivity index (χ1) is 8.58. The van der Waals surface area contributed by atoms with Crippen LogP contribution in [-0.4, -0.2) is 43.0 Å². The van der Waals surface area contributed by atoms with Crippen LogP contribution in [0.25, 0.3) is 0 Å². The van der Waals surface area contributed by atoms with E-state index in [9.17, 15) is 4.79 Å². The summed E-state index contributed by atoms with van der Waals surface area (Å²) in [6.07, 6.45) is 2.51. The second-order valence-electron chi connectivity index (χ2n) is 4.22. The molecule has 0 saturated carbocycles. The Morgan fingerprint density at radius 3 is 2.78 bits per heavy atom. The van der Waals surface area contributed by atoms with E-state index in [1.807, 2.05) is 11.8 Å². The van der Waals surface area contributed by atoms with Crippen molar-refractivity contribution >= 4 is 11.7 Å². The quantitative estimate of drug-likeness (QED) is 0.784. The average Bonchev–Trinajstić information content (AvgIpc) is 2.38. The number of rotatable bonds is 5. The number of aromatic nitrogens is 1. The third-order valence-corrected chi connectivity index (χ3v) is 2.52. The van der Waals surface area contributed by atoms with Gasteiger partial charge in [-0.25, -0.2) is 4.98 Å². The molecule has 1 heterocycles. The predicted molar refractivity (Wildman–Crippen MR) is 70.2 cm³/mol. The topological polar surface area (TPSA) is 60.2 Å². The average molecular weight is 246 g/mol. The predicted octanol–water partition coefficient (Wildman–Crippen LogP) is 1.26. The van der Waals surface area contributed by atoms with Gasteiger partial charge in [-0.15, -0.1) is 0 Å². The third kappa shape index (κ3) is 3.74. The molecule has 1 aromatic heterocycles. The van der Waals surface area contributed by atoms with Crippen LogP contribution in [0.4, 0.5) is 5.82 Å². The van der Waals surface area contributed by atoms with Crippen LogP contribution >= 0.6 is 0 Å². The fourth-order valence-electron chi connectivity index (χ4n) is 1.51. The molecule has 0 unspecified atom stereocenters. The molecule has 0 N–H and O–H groups in total. The molecule has 96 valence electrons. The minimum atomic E-state index is 0.0209. The summed E-state index contributed by atoms with van der Waals surface area (Å²) in [5, 5.41) is 8.87. The van der Waals surface area contributed by atoms with Gasteiger partial charge in [0.05, 0.1) is 18.2 Å². The fraction of sp³-hybridized carbons (Fsp3) is 0.462. The van der Waals surface area contributed by atoms with Gasteiger partial charge in [-0.05, 0) is 18.6 Å². The van der Waals surface area contributed by atoms with Crippen LogP contribution in [-0.2, 0) is 4.79 Å². The fourth-order valence-corrected chi connectivity index (χ4v) is 1.51. The van der Waals surface area contributed by atoms with Gasteiger partial charge in [0.1, 0.15) is 5.82 Å². The van der Waals surface area contributed by atoms with E-state index in [0.717, 1.165) is 13.0 Å². The highest BCUT2D eigenvalue weighted by molar-refractivity contribution is 5.80. The van der Waals surface area contributed by atoms with Crippen molar-refractivity contribution in [2.45, 2.75) is 13.3 Å². The van der Waals surface area contributed by atoms with E-state index in [4.69, 9.17) is 5.26 Å². The van der Waals surface area contributed by atoms with Crippen LogP contribution in [0, 0.1) is 11.3 Å². The smallest absolute Gasteiger partial charge is 0.241 e. The molecule has 0 fully saturated rings. The van der Waals surface area contributed by atoms with E-state index < -0.39 is 0 Å². The van der Waals surface area contributed by atoms with Gasteiger partial charge in [0.25, 0.3) is 0 Å². The van der Waals surface area contributed by atoms with Crippen LogP contribution in [0.5, 0.6) is 0 Å². The van der Waals surface area contributed by atoms with E-state index >= 15 is 0 Å². The maximum atomic E-state index is 11.7. The van der Waals surface area contributed by atoms with E-state index in [-0.39, 0.29) is 12.5 Å². The van der Waals surface area contributed by atoms with Gasteiger partial charge in [-0.1, -0.05) is 6.92 Å². The summed E-state index contributed by atoms with van der Waals surface area (Å²) in [6.45, 7) is 3.06. The minimum Gasteiger partial charge on any atom is -0.347 e. The highest BCUT2D eigenvalue weighted by Gasteiger charge is 2.13. The zero-order valence-electron chi connectivity index (χ0n) is 11.1. The van der Waals surface area contributed by atoms with E-state index in [2.05, 4.69) is 11.1 Å². The molecule has 0 atom stereocenters. The summed E-state index contributed by atoms with van der Waals surface area (Å²) in [7, 11) is 3.46. The van der Waals surface area contributed by atoms with Crippen LogP contribution in [0.15, 0.2) is 18.3 Å². The first kappa shape index (κ1) is 14.0. The number of hydrogen-bond acceptors (Lipinski definition) is 4. The number of likely N-dealkylation sites (N-methyl/N-ethyl adjacent to an activating group) is 1. The van der Waals surface area contributed by atoms with Crippen molar-refractivity contribution in [1.82, 2.24) is 9.88 Å². The molecule has 5 heteroatoms. The number of pyridine rings is 1. The Bertz CT molecular complexity index is 451. The molecule has 0 spiro atoms. The number of hydrogen-bond donors (Lipinski definition) is 0. The van der Waals surface area contributed by atoms with Crippen molar-refractivity contribution in [3.8, 4) is 6.07 Å². The molecule has 0 aliphatic rings. The normalized spacial score (nSPS) is 9.67. The van der Waals surface area contributed by atoms with Crippen molar-refractivity contribution in [2.24, 2.45) is 0 Å². The number of nitriles is 1. The minimum absolute atomic E-state index is 0.0209. The number of anilines is 1. The monoisotopic (exact) mass is 246 g/mol. The van der Waals surface area contributed by atoms with Gasteiger partial charge < -0.3 is 9.80 Å². The second-order valence-corrected chi connectivity index (χ2v) is 4.22. The summed E-state index contributed by atoms with van der Waals surface area (Å²) in [5.41, 5.74) is 0.554. The van der Waals surface area contributed by atoms with Crippen LogP contribution < -0.4 is 4.90 Å². The molecule has 5 nitrogen and oxygen atoms in total. The lowest BCUT2D eigenvalue weighted by Gasteiger charge is -2.24. The standard InChI is InChI=1S/C13H18N4O/c1-4-7-17(10-13(18)16(2)3)12-8-11(9-14)5-6-15-12/h5-6,8H,4,7,10H2,1-3H3. The molecular formula is C13H18N4O. The summed E-state index contributed by atoms with van der Waals surface area (Å²) < 4.78 is 0. The van der Waals surface area contributed by atoms with Gasteiger partial charge in [0.2, 0.25) is 5.91 Å².